The second-order valence-electron chi connectivity index (χ2n) is 7.03. The molecule has 0 saturated heterocycles. The lowest BCUT2D eigenvalue weighted by Crippen LogP contribution is -2.14. The summed E-state index contributed by atoms with van der Waals surface area (Å²) in [4.78, 5) is 16.8. The van der Waals surface area contributed by atoms with Gasteiger partial charge in [-0.2, -0.15) is 0 Å². The molecule has 1 amide bonds. The van der Waals surface area contributed by atoms with Gasteiger partial charge in [-0.05, 0) is 48.9 Å². The summed E-state index contributed by atoms with van der Waals surface area (Å²) in [5.74, 6) is 0.687. The van der Waals surface area contributed by atoms with Gasteiger partial charge in [-0.3, -0.25) is 9.78 Å². The van der Waals surface area contributed by atoms with Crippen LogP contribution in [0.3, 0.4) is 0 Å². The van der Waals surface area contributed by atoms with Gasteiger partial charge in [-0.25, -0.2) is 8.42 Å². The first-order valence-electron chi connectivity index (χ1n) is 9.58. The molecule has 1 N–H and O–H groups in total. The van der Waals surface area contributed by atoms with Crippen molar-refractivity contribution in [3.05, 3.63) is 95.8 Å². The summed E-state index contributed by atoms with van der Waals surface area (Å²) in [6, 6.07) is 15.5. The van der Waals surface area contributed by atoms with E-state index in [2.05, 4.69) is 10.3 Å². The normalized spacial score (nSPS) is 14.4. The molecule has 0 atom stereocenters. The number of amides is 1. The number of carbonyl (C=O) groups excluding carboxylic acids is 1. The zero-order chi connectivity index (χ0) is 22.0. The van der Waals surface area contributed by atoms with E-state index in [-0.39, 0.29) is 10.8 Å². The van der Waals surface area contributed by atoms with E-state index in [4.69, 9.17) is 4.74 Å². The second-order valence-corrected chi connectivity index (χ2v) is 9.05. The van der Waals surface area contributed by atoms with Crippen LogP contribution in [0.1, 0.15) is 28.4 Å². The number of para-hydroxylation sites is 1. The minimum absolute atomic E-state index is 0.209. The molecule has 1 aliphatic rings. The number of rotatable bonds is 4. The van der Waals surface area contributed by atoms with Crippen LogP contribution in [0.25, 0.3) is 11.3 Å². The average Bonchev–Trinajstić information content (AvgIpc) is 2.78. The van der Waals surface area contributed by atoms with Gasteiger partial charge in [0.15, 0.2) is 15.6 Å². The van der Waals surface area contributed by atoms with E-state index in [1.165, 1.54) is 12.5 Å². The number of hydrogen-bond acceptors (Lipinski definition) is 5. The van der Waals surface area contributed by atoms with Gasteiger partial charge < -0.3 is 10.1 Å². The standard InChI is InChI=1S/C24H20N2O4S/c1-3-16-14-22(17-7-4-9-19(13-17)31(2,28)29)30-23-20(16)10-5-11-21(23)26-24(27)18-8-6-12-25-15-18/h3-15H,1-2H3,(H,26,27). The largest absolute Gasteiger partial charge is 0.454 e. The number of nitrogens with zero attached hydrogens (tertiary/aromatic N) is 1. The van der Waals surface area contributed by atoms with Gasteiger partial charge in [0.2, 0.25) is 0 Å². The minimum atomic E-state index is -3.36. The topological polar surface area (TPSA) is 85.4 Å². The van der Waals surface area contributed by atoms with Crippen LogP contribution in [-0.2, 0) is 9.84 Å². The summed E-state index contributed by atoms with van der Waals surface area (Å²) < 4.78 is 30.1. The lowest BCUT2D eigenvalue weighted by molar-refractivity contribution is 0.102. The molecule has 0 radical (unpaired) electrons. The van der Waals surface area contributed by atoms with Crippen molar-refractivity contribution in [3.63, 3.8) is 0 Å². The number of fused-ring (bicyclic) bond motifs is 1. The summed E-state index contributed by atoms with van der Waals surface area (Å²) in [7, 11) is -3.36. The first-order valence-corrected chi connectivity index (χ1v) is 11.5. The number of ether oxygens (including phenoxy) is 1. The first-order chi connectivity index (χ1) is 14.9. The zero-order valence-corrected chi connectivity index (χ0v) is 17.8. The number of nitrogens with one attached hydrogen (secondary N) is 1. The number of benzene rings is 2. The molecule has 156 valence electrons. The van der Waals surface area contributed by atoms with Gasteiger partial charge in [0, 0.05) is 29.8 Å². The van der Waals surface area contributed by atoms with Crippen LogP contribution in [0.15, 0.2) is 84.0 Å². The van der Waals surface area contributed by atoms with Gasteiger partial charge in [0.25, 0.3) is 5.91 Å². The van der Waals surface area contributed by atoms with E-state index in [9.17, 15) is 13.2 Å². The van der Waals surface area contributed by atoms with Crippen molar-refractivity contribution in [3.8, 4) is 5.75 Å². The van der Waals surface area contributed by atoms with Crippen LogP contribution in [0.4, 0.5) is 5.69 Å². The lowest BCUT2D eigenvalue weighted by Gasteiger charge is -2.23. The summed E-state index contributed by atoms with van der Waals surface area (Å²) in [6.07, 6.45) is 8.06. The Morgan fingerprint density at radius 2 is 1.90 bits per heavy atom. The maximum Gasteiger partial charge on any atom is 0.257 e. The summed E-state index contributed by atoms with van der Waals surface area (Å²) in [6.45, 7) is 1.91. The van der Waals surface area contributed by atoms with E-state index in [0.29, 0.717) is 28.3 Å². The number of aromatic nitrogens is 1. The third-order valence-electron chi connectivity index (χ3n) is 4.85. The number of anilines is 1. The van der Waals surface area contributed by atoms with Crippen LogP contribution in [0.5, 0.6) is 5.75 Å². The van der Waals surface area contributed by atoms with E-state index >= 15 is 0 Å². The molecule has 0 saturated carbocycles. The van der Waals surface area contributed by atoms with Crippen molar-refractivity contribution in [2.45, 2.75) is 11.8 Å². The maximum atomic E-state index is 12.7. The molecule has 1 aliphatic heterocycles. The molecule has 6 nitrogen and oxygen atoms in total. The molecule has 0 fully saturated rings. The number of sulfone groups is 1. The maximum absolute atomic E-state index is 12.7. The highest BCUT2D eigenvalue weighted by molar-refractivity contribution is 7.90. The fraction of sp³-hybridized carbons (Fsp3) is 0.0833. The van der Waals surface area contributed by atoms with E-state index in [1.807, 2.05) is 31.2 Å². The Balaban J connectivity index is 1.74. The summed E-state index contributed by atoms with van der Waals surface area (Å²) >= 11 is 0. The summed E-state index contributed by atoms with van der Waals surface area (Å²) in [5.41, 5.74) is 3.30. The van der Waals surface area contributed by atoms with Crippen molar-refractivity contribution in [2.75, 3.05) is 11.6 Å². The second kappa shape index (κ2) is 8.20. The van der Waals surface area contributed by atoms with Crippen molar-refractivity contribution >= 4 is 32.8 Å². The highest BCUT2D eigenvalue weighted by Crippen LogP contribution is 2.42. The molecule has 31 heavy (non-hydrogen) atoms. The SMILES string of the molecule is CC=C1C=C(c2cccc(S(C)(=O)=O)c2)Oc2c(NC(=O)c3cccnc3)cccc21. The Labute approximate surface area is 180 Å². The quantitative estimate of drug-likeness (QED) is 0.653. The molecular formula is C24H20N2O4S. The van der Waals surface area contributed by atoms with E-state index in [0.717, 1.165) is 11.1 Å². The highest BCUT2D eigenvalue weighted by Gasteiger charge is 2.22. The Morgan fingerprint density at radius 3 is 2.61 bits per heavy atom. The van der Waals surface area contributed by atoms with Gasteiger partial charge in [-0.1, -0.05) is 30.3 Å². The fourth-order valence-electron chi connectivity index (χ4n) is 3.28. The van der Waals surface area contributed by atoms with Crippen LogP contribution < -0.4 is 10.1 Å². The third-order valence-corrected chi connectivity index (χ3v) is 5.96. The molecule has 0 bridgehead atoms. The Bertz CT molecular complexity index is 1330. The zero-order valence-electron chi connectivity index (χ0n) is 17.0. The number of carbonyl (C=O) groups is 1. The number of pyridine rings is 1. The molecule has 0 aliphatic carbocycles. The van der Waals surface area contributed by atoms with Crippen LogP contribution >= 0.6 is 0 Å². The Kier molecular flexibility index (Phi) is 5.44. The molecule has 0 unspecified atom stereocenters. The average molecular weight is 433 g/mol. The highest BCUT2D eigenvalue weighted by atomic mass is 32.2. The number of allylic oxidation sites excluding steroid dienone is 3. The number of hydrogen-bond donors (Lipinski definition) is 1. The van der Waals surface area contributed by atoms with E-state index < -0.39 is 9.84 Å². The minimum Gasteiger partial charge on any atom is -0.454 e. The summed E-state index contributed by atoms with van der Waals surface area (Å²) in [5, 5.41) is 2.88. The molecule has 3 aromatic rings. The predicted molar refractivity (Wildman–Crippen MR) is 120 cm³/mol. The first kappa shape index (κ1) is 20.6. The van der Waals surface area contributed by atoms with Gasteiger partial charge >= 0.3 is 0 Å². The van der Waals surface area contributed by atoms with Gasteiger partial charge in [-0.15, -0.1) is 0 Å². The molecule has 2 aromatic carbocycles. The monoisotopic (exact) mass is 432 g/mol. The Morgan fingerprint density at radius 1 is 1.10 bits per heavy atom. The van der Waals surface area contributed by atoms with E-state index in [1.54, 1.807) is 48.7 Å². The van der Waals surface area contributed by atoms with Crippen LogP contribution in [0, 0.1) is 0 Å². The lowest BCUT2D eigenvalue weighted by atomic mass is 9.98. The van der Waals surface area contributed by atoms with Gasteiger partial charge in [0.05, 0.1) is 16.1 Å². The fourth-order valence-corrected chi connectivity index (χ4v) is 3.95. The van der Waals surface area contributed by atoms with Crippen molar-refractivity contribution in [2.24, 2.45) is 0 Å². The van der Waals surface area contributed by atoms with Crippen molar-refractivity contribution in [1.82, 2.24) is 4.98 Å². The molecule has 1 aromatic heterocycles. The molecule has 0 spiro atoms. The van der Waals surface area contributed by atoms with Gasteiger partial charge in [0.1, 0.15) is 5.76 Å². The predicted octanol–water partition coefficient (Wildman–Crippen LogP) is 4.57. The van der Waals surface area contributed by atoms with Crippen LogP contribution in [-0.4, -0.2) is 25.6 Å². The van der Waals surface area contributed by atoms with Crippen molar-refractivity contribution in [1.29, 1.82) is 0 Å². The molecule has 2 heterocycles. The smallest absolute Gasteiger partial charge is 0.257 e. The Hall–Kier alpha value is -3.71. The molecular weight excluding hydrogens is 412 g/mol. The van der Waals surface area contributed by atoms with Crippen molar-refractivity contribution < 1.29 is 17.9 Å². The third kappa shape index (κ3) is 4.27. The molecule has 4 rings (SSSR count). The van der Waals surface area contributed by atoms with Crippen LogP contribution in [0.2, 0.25) is 0 Å². The molecule has 7 heteroatoms.